The average Bonchev–Trinajstić information content (AvgIpc) is 2.57. The molecule has 1 aromatic heterocycles. The van der Waals surface area contributed by atoms with Crippen molar-refractivity contribution in [2.45, 2.75) is 0 Å². The van der Waals surface area contributed by atoms with Gasteiger partial charge in [0.25, 0.3) is 5.91 Å². The number of nitrogens with zero attached hydrogens (tertiary/aromatic N) is 2. The minimum Gasteiger partial charge on any atom is -0.478 e. The van der Waals surface area contributed by atoms with E-state index in [4.69, 9.17) is 5.11 Å². The zero-order valence-corrected chi connectivity index (χ0v) is 8.23. The zero-order valence-electron chi connectivity index (χ0n) is 8.23. The predicted octanol–water partition coefficient (Wildman–Crippen LogP) is 0.0341. The molecule has 2 N–H and O–H groups in total. The molecule has 0 aliphatic carbocycles. The summed E-state index contributed by atoms with van der Waals surface area (Å²) in [4.78, 5) is 22.2. The van der Waals surface area contributed by atoms with E-state index in [1.54, 1.807) is 7.05 Å². The third kappa shape index (κ3) is 2.43. The first-order chi connectivity index (χ1) is 7.06. The fourth-order valence-corrected chi connectivity index (χ4v) is 1.06. The lowest BCUT2D eigenvalue weighted by Crippen LogP contribution is -2.25. The summed E-state index contributed by atoms with van der Waals surface area (Å²) in [6.07, 6.45) is 2.78. The highest BCUT2D eigenvalue weighted by Crippen LogP contribution is 2.05. The molecule has 1 rings (SSSR count). The third-order valence-corrected chi connectivity index (χ3v) is 1.68. The van der Waals surface area contributed by atoms with Gasteiger partial charge in [-0.05, 0) is 0 Å². The molecule has 0 unspecified atom stereocenters. The summed E-state index contributed by atoms with van der Waals surface area (Å²) in [6.45, 7) is 3.70. The number of aromatic nitrogens is 2. The van der Waals surface area contributed by atoms with Crippen molar-refractivity contribution in [2.75, 3.05) is 6.54 Å². The van der Waals surface area contributed by atoms with Crippen molar-refractivity contribution >= 4 is 11.9 Å². The van der Waals surface area contributed by atoms with Gasteiger partial charge in [0.2, 0.25) is 0 Å². The number of carbonyl (C=O) groups excluding carboxylic acids is 1. The van der Waals surface area contributed by atoms with Gasteiger partial charge in [-0.2, -0.15) is 5.10 Å². The molecule has 0 spiro atoms. The molecule has 1 amide bonds. The van der Waals surface area contributed by atoms with Gasteiger partial charge in [0, 0.05) is 19.8 Å². The third-order valence-electron chi connectivity index (χ3n) is 1.68. The second-order valence-electron chi connectivity index (χ2n) is 2.87. The number of rotatable bonds is 4. The molecular formula is C9H11N3O3. The molecule has 0 fully saturated rings. The molecule has 15 heavy (non-hydrogen) atoms. The van der Waals surface area contributed by atoms with Crippen LogP contribution in [0.2, 0.25) is 0 Å². The van der Waals surface area contributed by atoms with Gasteiger partial charge in [-0.15, -0.1) is 6.58 Å². The van der Waals surface area contributed by atoms with Gasteiger partial charge in [0.05, 0.1) is 0 Å². The highest BCUT2D eigenvalue weighted by Gasteiger charge is 2.20. The van der Waals surface area contributed by atoms with E-state index in [0.717, 1.165) is 0 Å². The largest absolute Gasteiger partial charge is 0.478 e. The van der Waals surface area contributed by atoms with Crippen molar-refractivity contribution in [3.8, 4) is 0 Å². The van der Waals surface area contributed by atoms with Gasteiger partial charge in [-0.3, -0.25) is 9.48 Å². The fourth-order valence-electron chi connectivity index (χ4n) is 1.06. The van der Waals surface area contributed by atoms with Crippen LogP contribution in [0.3, 0.4) is 0 Å². The van der Waals surface area contributed by atoms with Crippen molar-refractivity contribution in [1.82, 2.24) is 15.1 Å². The molecule has 0 saturated heterocycles. The molecule has 1 heterocycles. The number of nitrogens with one attached hydrogen (secondary N) is 1. The standard InChI is InChI=1S/C9H11N3O3/c1-3-4-10-8(13)7-6(9(14)15)5-12(2)11-7/h3,5H,1,4H2,2H3,(H,10,13)(H,14,15). The van der Waals surface area contributed by atoms with Gasteiger partial charge in [0.15, 0.2) is 5.69 Å². The second kappa shape index (κ2) is 4.41. The van der Waals surface area contributed by atoms with Crippen molar-refractivity contribution < 1.29 is 14.7 Å². The van der Waals surface area contributed by atoms with Crippen molar-refractivity contribution in [3.63, 3.8) is 0 Å². The Morgan fingerprint density at radius 2 is 2.40 bits per heavy atom. The van der Waals surface area contributed by atoms with Crippen LogP contribution in [0.4, 0.5) is 0 Å². The number of carbonyl (C=O) groups is 2. The van der Waals surface area contributed by atoms with Gasteiger partial charge in [-0.1, -0.05) is 6.08 Å². The maximum absolute atomic E-state index is 11.4. The number of carboxylic acid groups (broad SMARTS) is 1. The maximum Gasteiger partial charge on any atom is 0.339 e. The Kier molecular flexibility index (Phi) is 3.22. The lowest BCUT2D eigenvalue weighted by atomic mass is 10.2. The van der Waals surface area contributed by atoms with Crippen LogP contribution < -0.4 is 5.32 Å². The molecule has 0 aliphatic rings. The predicted molar refractivity (Wildman–Crippen MR) is 52.7 cm³/mol. The van der Waals surface area contributed by atoms with E-state index in [-0.39, 0.29) is 17.8 Å². The number of aryl methyl sites for hydroxylation is 1. The van der Waals surface area contributed by atoms with Crippen molar-refractivity contribution in [2.24, 2.45) is 7.05 Å². The number of amides is 1. The lowest BCUT2D eigenvalue weighted by molar-refractivity contribution is 0.0691. The van der Waals surface area contributed by atoms with Crippen LogP contribution in [0, 0.1) is 0 Å². The van der Waals surface area contributed by atoms with Crippen molar-refractivity contribution in [3.05, 3.63) is 30.1 Å². The Labute approximate surface area is 86.2 Å². The average molecular weight is 209 g/mol. The number of hydrogen-bond donors (Lipinski definition) is 2. The van der Waals surface area contributed by atoms with E-state index in [9.17, 15) is 9.59 Å². The summed E-state index contributed by atoms with van der Waals surface area (Å²) in [7, 11) is 1.55. The first-order valence-electron chi connectivity index (χ1n) is 4.22. The minimum atomic E-state index is -1.17. The smallest absolute Gasteiger partial charge is 0.339 e. The lowest BCUT2D eigenvalue weighted by Gasteiger charge is -1.99. The maximum atomic E-state index is 11.4. The highest BCUT2D eigenvalue weighted by atomic mass is 16.4. The van der Waals surface area contributed by atoms with Gasteiger partial charge in [-0.25, -0.2) is 4.79 Å². The van der Waals surface area contributed by atoms with Crippen LogP contribution in [0.25, 0.3) is 0 Å². The minimum absolute atomic E-state index is 0.0909. The molecule has 6 nitrogen and oxygen atoms in total. The summed E-state index contributed by atoms with van der Waals surface area (Å²) < 4.78 is 1.28. The molecule has 0 aliphatic heterocycles. The second-order valence-corrected chi connectivity index (χ2v) is 2.87. The summed E-state index contributed by atoms with van der Waals surface area (Å²) in [6, 6.07) is 0. The van der Waals surface area contributed by atoms with Crippen LogP contribution in [-0.4, -0.2) is 33.3 Å². The highest BCUT2D eigenvalue weighted by molar-refractivity contribution is 6.03. The van der Waals surface area contributed by atoms with Crippen LogP contribution in [0.15, 0.2) is 18.9 Å². The Bertz CT molecular complexity index is 409. The van der Waals surface area contributed by atoms with Gasteiger partial charge >= 0.3 is 5.97 Å². The molecule has 80 valence electrons. The SMILES string of the molecule is C=CCNC(=O)c1nn(C)cc1C(=O)O. The topological polar surface area (TPSA) is 84.2 Å². The summed E-state index contributed by atoms with van der Waals surface area (Å²) in [5.41, 5.74) is -0.203. The Morgan fingerprint density at radius 1 is 1.73 bits per heavy atom. The number of aromatic carboxylic acids is 1. The Hall–Kier alpha value is -2.11. The molecule has 0 bridgehead atoms. The van der Waals surface area contributed by atoms with Crippen molar-refractivity contribution in [1.29, 1.82) is 0 Å². The molecule has 6 heteroatoms. The van der Waals surface area contributed by atoms with Crippen LogP contribution in [-0.2, 0) is 7.05 Å². The van der Waals surface area contributed by atoms with Gasteiger partial charge in [0.1, 0.15) is 5.56 Å². The quantitative estimate of drug-likeness (QED) is 0.685. The first kappa shape index (κ1) is 11.0. The zero-order chi connectivity index (χ0) is 11.4. The summed E-state index contributed by atoms with van der Waals surface area (Å²) >= 11 is 0. The summed E-state index contributed by atoms with van der Waals surface area (Å²) in [5.74, 6) is -1.69. The monoisotopic (exact) mass is 209 g/mol. The molecule has 1 aromatic rings. The van der Waals surface area contributed by atoms with E-state index >= 15 is 0 Å². The van der Waals surface area contributed by atoms with E-state index in [0.29, 0.717) is 0 Å². The van der Waals surface area contributed by atoms with Gasteiger partial charge < -0.3 is 10.4 Å². The van der Waals surface area contributed by atoms with E-state index < -0.39 is 11.9 Å². The fraction of sp³-hybridized carbons (Fsp3) is 0.222. The molecule has 0 aromatic carbocycles. The van der Waals surface area contributed by atoms with E-state index in [1.807, 2.05) is 0 Å². The number of carboxylic acids is 1. The molecular weight excluding hydrogens is 198 g/mol. The molecule has 0 radical (unpaired) electrons. The Morgan fingerprint density at radius 3 is 2.93 bits per heavy atom. The van der Waals surface area contributed by atoms with E-state index in [1.165, 1.54) is 17.0 Å². The van der Waals surface area contributed by atoms with E-state index in [2.05, 4.69) is 17.0 Å². The first-order valence-corrected chi connectivity index (χ1v) is 4.22. The summed E-state index contributed by atoms with van der Waals surface area (Å²) in [5, 5.41) is 15.0. The normalized spacial score (nSPS) is 9.67. The van der Waals surface area contributed by atoms with Crippen LogP contribution in [0.5, 0.6) is 0 Å². The van der Waals surface area contributed by atoms with Crippen LogP contribution >= 0.6 is 0 Å². The molecule has 0 saturated carbocycles. The number of hydrogen-bond acceptors (Lipinski definition) is 3. The Balaban J connectivity index is 2.96. The van der Waals surface area contributed by atoms with Crippen LogP contribution in [0.1, 0.15) is 20.8 Å². The molecule has 0 atom stereocenters.